The minimum absolute atomic E-state index is 0.971. The number of benzene rings is 6. The Morgan fingerprint density at radius 2 is 0.977 bits per heavy atom. The largest absolute Gasteiger partial charge is 0.309 e. The van der Waals surface area contributed by atoms with Crippen LogP contribution in [-0.4, -0.2) is 14.2 Å². The van der Waals surface area contributed by atoms with E-state index in [2.05, 4.69) is 173 Å². The molecule has 0 radical (unpaired) electrons. The second kappa shape index (κ2) is 9.82. The van der Waals surface area contributed by atoms with Gasteiger partial charge in [-0.25, -0.2) is 4.52 Å². The van der Waals surface area contributed by atoms with Crippen LogP contribution in [0.2, 0.25) is 0 Å². The highest BCUT2D eigenvalue weighted by atomic mass is 15.2. The zero-order chi connectivity index (χ0) is 29.0. The molecule has 3 heterocycles. The van der Waals surface area contributed by atoms with Gasteiger partial charge in [0.05, 0.1) is 22.2 Å². The summed E-state index contributed by atoms with van der Waals surface area (Å²) in [4.78, 5) is 0. The predicted molar refractivity (Wildman–Crippen MR) is 183 cm³/mol. The first kappa shape index (κ1) is 24.6. The quantitative estimate of drug-likeness (QED) is 0.209. The fourth-order valence-electron chi connectivity index (χ4n) is 6.75. The molecule has 0 saturated heterocycles. The van der Waals surface area contributed by atoms with E-state index in [1.165, 1.54) is 32.6 Å². The molecule has 0 spiro atoms. The van der Waals surface area contributed by atoms with Crippen molar-refractivity contribution in [1.29, 1.82) is 0 Å². The molecule has 6 aromatic carbocycles. The Hall–Kier alpha value is -5.93. The smallest absolute Gasteiger partial charge is 0.101 e. The molecule has 3 heteroatoms. The van der Waals surface area contributed by atoms with Crippen LogP contribution in [0.5, 0.6) is 0 Å². The van der Waals surface area contributed by atoms with Crippen LogP contribution in [0, 0.1) is 0 Å². The Morgan fingerprint density at radius 1 is 0.432 bits per heavy atom. The maximum absolute atomic E-state index is 5.39. The van der Waals surface area contributed by atoms with Crippen molar-refractivity contribution in [2.45, 2.75) is 0 Å². The molecule has 9 aromatic rings. The SMILES string of the molecule is c1ccc(-c2c(-c3ccc(-n4c5ccccc5c5ccccc54)cc3)nn3c(-c4ccccc4)cc4ccccc4c23)cc1. The highest BCUT2D eigenvalue weighted by molar-refractivity contribution is 6.10. The number of hydrogen-bond donors (Lipinski definition) is 0. The molecule has 0 fully saturated rings. The van der Waals surface area contributed by atoms with Crippen molar-refractivity contribution in [3.8, 4) is 39.3 Å². The Balaban J connectivity index is 1.31. The molecule has 0 aliphatic rings. The number of aromatic nitrogens is 3. The summed E-state index contributed by atoms with van der Waals surface area (Å²) in [7, 11) is 0. The first-order valence-corrected chi connectivity index (χ1v) is 15.0. The molecule has 0 unspecified atom stereocenters. The minimum atomic E-state index is 0.971. The molecule has 0 aliphatic heterocycles. The van der Waals surface area contributed by atoms with Gasteiger partial charge in [-0.05, 0) is 41.3 Å². The van der Waals surface area contributed by atoms with Crippen LogP contribution in [-0.2, 0) is 0 Å². The number of pyridine rings is 1. The van der Waals surface area contributed by atoms with Crippen LogP contribution in [0.25, 0.3) is 77.4 Å². The van der Waals surface area contributed by atoms with Crippen molar-refractivity contribution in [1.82, 2.24) is 14.2 Å². The third-order valence-corrected chi connectivity index (χ3v) is 8.73. The summed E-state index contributed by atoms with van der Waals surface area (Å²) in [6.07, 6.45) is 0. The molecular weight excluding hydrogens is 534 g/mol. The second-order valence-electron chi connectivity index (χ2n) is 11.2. The zero-order valence-corrected chi connectivity index (χ0v) is 23.9. The normalized spacial score (nSPS) is 11.6. The molecule has 0 amide bonds. The van der Waals surface area contributed by atoms with Crippen LogP contribution in [0.1, 0.15) is 0 Å². The fraction of sp³-hybridized carbons (Fsp3) is 0. The molecule has 0 atom stereocenters. The van der Waals surface area contributed by atoms with Gasteiger partial charge in [0, 0.05) is 38.5 Å². The van der Waals surface area contributed by atoms with E-state index in [1.54, 1.807) is 0 Å². The van der Waals surface area contributed by atoms with Crippen molar-refractivity contribution in [3.05, 3.63) is 164 Å². The lowest BCUT2D eigenvalue weighted by molar-refractivity contribution is 0.979. The van der Waals surface area contributed by atoms with Gasteiger partial charge in [-0.1, -0.05) is 133 Å². The fourth-order valence-corrected chi connectivity index (χ4v) is 6.75. The Morgan fingerprint density at radius 3 is 1.64 bits per heavy atom. The van der Waals surface area contributed by atoms with E-state index >= 15 is 0 Å². The van der Waals surface area contributed by atoms with Crippen molar-refractivity contribution >= 4 is 38.1 Å². The van der Waals surface area contributed by atoms with Gasteiger partial charge >= 0.3 is 0 Å². The highest BCUT2D eigenvalue weighted by Crippen LogP contribution is 2.41. The molecular formula is C41H27N3. The van der Waals surface area contributed by atoms with E-state index in [1.807, 2.05) is 0 Å². The Bertz CT molecular complexity index is 2410. The zero-order valence-electron chi connectivity index (χ0n) is 23.9. The number of rotatable bonds is 4. The molecule has 3 aromatic heterocycles. The lowest BCUT2D eigenvalue weighted by Gasteiger charge is -2.10. The van der Waals surface area contributed by atoms with Gasteiger partial charge in [0.1, 0.15) is 5.69 Å². The van der Waals surface area contributed by atoms with Gasteiger partial charge in [-0.3, -0.25) is 0 Å². The number of para-hydroxylation sites is 2. The second-order valence-corrected chi connectivity index (χ2v) is 11.2. The standard InChI is InChI=1S/C41H27N3/c1-3-13-28(14-4-1)38-27-31-17-7-8-18-33(31)41-39(29-15-5-2-6-16-29)40(42-44(38)41)30-23-25-32(26-24-30)43-36-21-11-9-19-34(36)35-20-10-12-22-37(35)43/h1-27H. The van der Waals surface area contributed by atoms with Crippen LogP contribution in [0.4, 0.5) is 0 Å². The highest BCUT2D eigenvalue weighted by Gasteiger charge is 2.21. The van der Waals surface area contributed by atoms with Gasteiger partial charge in [0.15, 0.2) is 0 Å². The minimum Gasteiger partial charge on any atom is -0.309 e. The first-order chi connectivity index (χ1) is 21.8. The van der Waals surface area contributed by atoms with Crippen molar-refractivity contribution in [2.24, 2.45) is 0 Å². The maximum atomic E-state index is 5.39. The van der Waals surface area contributed by atoms with E-state index in [0.29, 0.717) is 0 Å². The number of fused-ring (bicyclic) bond motifs is 6. The summed E-state index contributed by atoms with van der Waals surface area (Å²) in [5.74, 6) is 0. The Labute approximate surface area is 254 Å². The van der Waals surface area contributed by atoms with Gasteiger partial charge < -0.3 is 4.57 Å². The molecule has 0 N–H and O–H groups in total. The molecule has 44 heavy (non-hydrogen) atoms. The topological polar surface area (TPSA) is 22.2 Å². The van der Waals surface area contributed by atoms with Crippen molar-refractivity contribution in [3.63, 3.8) is 0 Å². The van der Waals surface area contributed by atoms with Gasteiger partial charge in [-0.2, -0.15) is 5.10 Å². The molecule has 0 saturated carbocycles. The lowest BCUT2D eigenvalue weighted by Crippen LogP contribution is -1.95. The molecule has 0 aliphatic carbocycles. The average Bonchev–Trinajstić information content (AvgIpc) is 3.66. The molecule has 0 bridgehead atoms. The summed E-state index contributed by atoms with van der Waals surface area (Å²) >= 11 is 0. The third-order valence-electron chi connectivity index (χ3n) is 8.73. The molecule has 3 nitrogen and oxygen atoms in total. The molecule has 9 rings (SSSR count). The Kier molecular flexibility index (Phi) is 5.50. The van der Waals surface area contributed by atoms with E-state index in [9.17, 15) is 0 Å². The summed E-state index contributed by atoms with van der Waals surface area (Å²) in [6.45, 7) is 0. The van der Waals surface area contributed by atoms with Crippen LogP contribution in [0.3, 0.4) is 0 Å². The molecule has 206 valence electrons. The van der Waals surface area contributed by atoms with Crippen molar-refractivity contribution < 1.29 is 0 Å². The van der Waals surface area contributed by atoms with Crippen LogP contribution < -0.4 is 0 Å². The summed E-state index contributed by atoms with van der Waals surface area (Å²) in [5, 5.41) is 10.3. The van der Waals surface area contributed by atoms with Gasteiger partial charge in [0.2, 0.25) is 0 Å². The van der Waals surface area contributed by atoms with E-state index in [4.69, 9.17) is 5.10 Å². The van der Waals surface area contributed by atoms with Crippen LogP contribution in [0.15, 0.2) is 164 Å². The number of hydrogen-bond acceptors (Lipinski definition) is 1. The van der Waals surface area contributed by atoms with E-state index < -0.39 is 0 Å². The van der Waals surface area contributed by atoms with E-state index in [-0.39, 0.29) is 0 Å². The summed E-state index contributed by atoms with van der Waals surface area (Å²) in [5.41, 5.74) is 11.2. The number of nitrogens with zero attached hydrogens (tertiary/aromatic N) is 3. The van der Waals surface area contributed by atoms with E-state index in [0.717, 1.165) is 44.8 Å². The monoisotopic (exact) mass is 561 g/mol. The summed E-state index contributed by atoms with van der Waals surface area (Å²) < 4.78 is 4.51. The van der Waals surface area contributed by atoms with Gasteiger partial charge in [0.25, 0.3) is 0 Å². The summed E-state index contributed by atoms with van der Waals surface area (Å²) in [6, 6.07) is 58.3. The third kappa shape index (κ3) is 3.73. The van der Waals surface area contributed by atoms with Crippen molar-refractivity contribution in [2.75, 3.05) is 0 Å². The average molecular weight is 562 g/mol. The lowest BCUT2D eigenvalue weighted by atomic mass is 9.97. The van der Waals surface area contributed by atoms with Gasteiger partial charge in [-0.15, -0.1) is 0 Å². The first-order valence-electron chi connectivity index (χ1n) is 15.0. The van der Waals surface area contributed by atoms with Crippen LogP contribution >= 0.6 is 0 Å². The maximum Gasteiger partial charge on any atom is 0.101 e. The predicted octanol–water partition coefficient (Wildman–Crippen LogP) is 10.6.